The minimum atomic E-state index is -0.353. The molecule has 0 fully saturated rings. The van der Waals surface area contributed by atoms with E-state index in [1.807, 2.05) is 32.9 Å². The normalized spacial score (nSPS) is 11.4. The maximum absolute atomic E-state index is 11.7. The number of hydrogen-bond acceptors (Lipinski definition) is 3. The third-order valence-corrected chi connectivity index (χ3v) is 2.84. The molecule has 1 N–H and O–H groups in total. The number of amides is 1. The number of furan rings is 1. The number of benzene rings is 1. The quantitative estimate of drug-likeness (QED) is 0.677. The highest BCUT2D eigenvalue weighted by atomic mass is 16.3. The Balaban J connectivity index is 2.13. The monoisotopic (exact) mass is 256 g/mol. The van der Waals surface area contributed by atoms with Crippen LogP contribution in [0.4, 0.5) is 0 Å². The van der Waals surface area contributed by atoms with Gasteiger partial charge in [0.2, 0.25) is 0 Å². The number of hydrazone groups is 1. The molecule has 4 heteroatoms. The molecule has 0 aliphatic heterocycles. The molecule has 2 rings (SSSR count). The van der Waals surface area contributed by atoms with Crippen molar-refractivity contribution in [3.8, 4) is 0 Å². The molecule has 0 spiro atoms. The number of rotatable bonds is 3. The minimum absolute atomic E-state index is 0.247. The first kappa shape index (κ1) is 13.1. The van der Waals surface area contributed by atoms with Gasteiger partial charge in [0.05, 0.1) is 12.0 Å². The van der Waals surface area contributed by atoms with Crippen molar-refractivity contribution in [1.82, 2.24) is 5.43 Å². The van der Waals surface area contributed by atoms with Gasteiger partial charge in [-0.05, 0) is 38.5 Å². The van der Waals surface area contributed by atoms with Crippen molar-refractivity contribution in [3.05, 3.63) is 59.0 Å². The van der Waals surface area contributed by atoms with E-state index in [4.69, 9.17) is 4.42 Å². The highest BCUT2D eigenvalue weighted by Gasteiger charge is 2.08. The third-order valence-electron chi connectivity index (χ3n) is 2.84. The highest BCUT2D eigenvalue weighted by Crippen LogP contribution is 2.11. The Bertz CT molecular complexity index is 613. The van der Waals surface area contributed by atoms with Crippen molar-refractivity contribution in [3.63, 3.8) is 0 Å². The molecule has 1 amide bonds. The van der Waals surface area contributed by atoms with E-state index in [1.54, 1.807) is 12.1 Å². The molecule has 0 radical (unpaired) electrons. The molecule has 0 bridgehead atoms. The van der Waals surface area contributed by atoms with Crippen molar-refractivity contribution in [1.29, 1.82) is 0 Å². The molecule has 0 aliphatic carbocycles. The van der Waals surface area contributed by atoms with E-state index >= 15 is 0 Å². The Morgan fingerprint density at radius 3 is 2.68 bits per heavy atom. The number of hydrogen-bond donors (Lipinski definition) is 1. The predicted molar refractivity (Wildman–Crippen MR) is 74.3 cm³/mol. The van der Waals surface area contributed by atoms with Crippen LogP contribution in [-0.4, -0.2) is 11.6 Å². The topological polar surface area (TPSA) is 54.6 Å². The summed E-state index contributed by atoms with van der Waals surface area (Å²) in [5.41, 5.74) is 6.60. The first-order valence-electron chi connectivity index (χ1n) is 6.03. The van der Waals surface area contributed by atoms with Crippen LogP contribution in [0.25, 0.3) is 0 Å². The second-order valence-electron chi connectivity index (χ2n) is 4.43. The van der Waals surface area contributed by atoms with Crippen LogP contribution in [0.3, 0.4) is 0 Å². The highest BCUT2D eigenvalue weighted by molar-refractivity contribution is 6.01. The van der Waals surface area contributed by atoms with E-state index in [0.29, 0.717) is 0 Å². The van der Waals surface area contributed by atoms with Gasteiger partial charge in [0.1, 0.15) is 0 Å². The van der Waals surface area contributed by atoms with E-state index in [0.717, 1.165) is 16.8 Å². The fourth-order valence-electron chi connectivity index (χ4n) is 1.88. The molecule has 0 saturated heterocycles. The molecule has 19 heavy (non-hydrogen) atoms. The largest absolute Gasteiger partial charge is 0.459 e. The zero-order valence-electron chi connectivity index (χ0n) is 11.2. The molecule has 0 aliphatic rings. The van der Waals surface area contributed by atoms with Gasteiger partial charge in [-0.2, -0.15) is 5.10 Å². The second kappa shape index (κ2) is 5.52. The molecule has 1 heterocycles. The number of carbonyl (C=O) groups is 1. The minimum Gasteiger partial charge on any atom is -0.459 e. The fourth-order valence-corrected chi connectivity index (χ4v) is 1.88. The Hall–Kier alpha value is -2.36. The summed E-state index contributed by atoms with van der Waals surface area (Å²) in [7, 11) is 0. The molecule has 1 aromatic heterocycles. The molecule has 0 unspecified atom stereocenters. The molecular formula is C15H16N2O2. The Morgan fingerprint density at radius 2 is 2.05 bits per heavy atom. The zero-order chi connectivity index (χ0) is 13.8. The van der Waals surface area contributed by atoms with Gasteiger partial charge >= 0.3 is 5.91 Å². The molecule has 4 nitrogen and oxygen atoms in total. The van der Waals surface area contributed by atoms with Gasteiger partial charge in [0.15, 0.2) is 5.76 Å². The fraction of sp³-hybridized carbons (Fsp3) is 0.200. The molecule has 2 aromatic rings. The lowest BCUT2D eigenvalue weighted by Crippen LogP contribution is -2.18. The summed E-state index contributed by atoms with van der Waals surface area (Å²) >= 11 is 0. The number of aryl methyl sites for hydroxylation is 2. The van der Waals surface area contributed by atoms with Gasteiger partial charge in [-0.3, -0.25) is 4.79 Å². The van der Waals surface area contributed by atoms with Crippen LogP contribution in [0, 0.1) is 13.8 Å². The number of nitrogens with one attached hydrogen (secondary N) is 1. The van der Waals surface area contributed by atoms with Gasteiger partial charge in [0, 0.05) is 5.56 Å². The summed E-state index contributed by atoms with van der Waals surface area (Å²) in [6, 6.07) is 9.37. The molecule has 0 atom stereocenters. The number of carbonyl (C=O) groups excluding carboxylic acids is 1. The van der Waals surface area contributed by atoms with Gasteiger partial charge in [0.25, 0.3) is 0 Å². The van der Waals surface area contributed by atoms with Crippen molar-refractivity contribution in [2.45, 2.75) is 20.8 Å². The van der Waals surface area contributed by atoms with E-state index < -0.39 is 0 Å². The Morgan fingerprint density at radius 1 is 1.26 bits per heavy atom. The standard InChI is InChI=1S/C15H16N2O2/c1-10-6-7-13(11(2)9-10)12(3)16-17-15(18)14-5-4-8-19-14/h4-9H,1-3H3,(H,17,18)/b16-12-. The molecule has 0 saturated carbocycles. The van der Waals surface area contributed by atoms with E-state index in [-0.39, 0.29) is 11.7 Å². The average molecular weight is 256 g/mol. The van der Waals surface area contributed by atoms with Crippen molar-refractivity contribution < 1.29 is 9.21 Å². The lowest BCUT2D eigenvalue weighted by Gasteiger charge is -2.06. The Kier molecular flexibility index (Phi) is 3.80. The van der Waals surface area contributed by atoms with Gasteiger partial charge in [-0.25, -0.2) is 5.43 Å². The third kappa shape index (κ3) is 3.10. The lowest BCUT2D eigenvalue weighted by atomic mass is 10.0. The van der Waals surface area contributed by atoms with E-state index in [1.165, 1.54) is 11.8 Å². The van der Waals surface area contributed by atoms with E-state index in [9.17, 15) is 4.79 Å². The smallest absolute Gasteiger partial charge is 0.307 e. The predicted octanol–water partition coefficient (Wildman–Crippen LogP) is 3.05. The molecule has 1 aromatic carbocycles. The summed E-state index contributed by atoms with van der Waals surface area (Å²) in [4.78, 5) is 11.7. The maximum atomic E-state index is 11.7. The van der Waals surface area contributed by atoms with E-state index in [2.05, 4.69) is 16.6 Å². The van der Waals surface area contributed by atoms with Gasteiger partial charge < -0.3 is 4.42 Å². The summed E-state index contributed by atoms with van der Waals surface area (Å²) in [5, 5.41) is 4.10. The van der Waals surface area contributed by atoms with Crippen LogP contribution in [-0.2, 0) is 0 Å². The summed E-state index contributed by atoms with van der Waals surface area (Å²) in [6.07, 6.45) is 1.45. The second-order valence-corrected chi connectivity index (χ2v) is 4.43. The first-order chi connectivity index (χ1) is 9.08. The van der Waals surface area contributed by atoms with Crippen LogP contribution in [0.5, 0.6) is 0 Å². The van der Waals surface area contributed by atoms with Crippen molar-refractivity contribution in [2.75, 3.05) is 0 Å². The lowest BCUT2D eigenvalue weighted by molar-refractivity contribution is 0.0927. The number of nitrogens with zero attached hydrogens (tertiary/aromatic N) is 1. The summed E-state index contributed by atoms with van der Waals surface area (Å²) < 4.78 is 4.99. The van der Waals surface area contributed by atoms with Crippen molar-refractivity contribution in [2.24, 2.45) is 5.10 Å². The van der Waals surface area contributed by atoms with Crippen LogP contribution in [0.15, 0.2) is 46.1 Å². The van der Waals surface area contributed by atoms with Gasteiger partial charge in [-0.15, -0.1) is 0 Å². The molecular weight excluding hydrogens is 240 g/mol. The van der Waals surface area contributed by atoms with Crippen LogP contribution >= 0.6 is 0 Å². The first-order valence-corrected chi connectivity index (χ1v) is 6.03. The van der Waals surface area contributed by atoms with Crippen LogP contribution in [0.1, 0.15) is 34.2 Å². The summed E-state index contributed by atoms with van der Waals surface area (Å²) in [6.45, 7) is 5.93. The summed E-state index contributed by atoms with van der Waals surface area (Å²) in [5.74, 6) is -0.105. The SMILES string of the molecule is C/C(=N/NC(=O)c1ccco1)c1ccc(C)cc1C. The Labute approximate surface area is 112 Å². The maximum Gasteiger partial charge on any atom is 0.307 e. The van der Waals surface area contributed by atoms with Crippen LogP contribution < -0.4 is 5.43 Å². The van der Waals surface area contributed by atoms with Crippen LogP contribution in [0.2, 0.25) is 0 Å². The molecule has 98 valence electrons. The van der Waals surface area contributed by atoms with Gasteiger partial charge in [-0.1, -0.05) is 23.8 Å². The van der Waals surface area contributed by atoms with Crippen molar-refractivity contribution >= 4 is 11.6 Å². The zero-order valence-corrected chi connectivity index (χ0v) is 11.2. The average Bonchev–Trinajstić information content (AvgIpc) is 2.89.